The molecule has 0 aliphatic heterocycles. The van der Waals surface area contributed by atoms with Crippen LogP contribution in [0, 0.1) is 0 Å². The number of halogens is 1. The van der Waals surface area contributed by atoms with E-state index in [0.29, 0.717) is 12.5 Å². The number of ether oxygens (including phenoxy) is 2. The van der Waals surface area contributed by atoms with E-state index in [-0.39, 0.29) is 0 Å². The van der Waals surface area contributed by atoms with E-state index >= 15 is 0 Å². The number of benzene rings is 1. The third-order valence-corrected chi connectivity index (χ3v) is 2.64. The van der Waals surface area contributed by atoms with Crippen LogP contribution in [0.1, 0.15) is 12.5 Å². The van der Waals surface area contributed by atoms with Gasteiger partial charge in [0, 0.05) is 5.88 Å². The zero-order chi connectivity index (χ0) is 12.0. The molecule has 0 saturated carbocycles. The lowest BCUT2D eigenvalue weighted by Gasteiger charge is -2.12. The zero-order valence-corrected chi connectivity index (χ0v) is 10.5. The highest BCUT2D eigenvalue weighted by Crippen LogP contribution is 2.28. The maximum absolute atomic E-state index is 5.63. The summed E-state index contributed by atoms with van der Waals surface area (Å²) < 4.78 is 10.8. The minimum atomic E-state index is 0.412. The van der Waals surface area contributed by atoms with Crippen molar-refractivity contribution in [2.24, 2.45) is 0 Å². The lowest BCUT2D eigenvalue weighted by Crippen LogP contribution is -2.02. The van der Waals surface area contributed by atoms with Crippen molar-refractivity contribution < 1.29 is 9.47 Å². The standard InChI is InChI=1S/C13H17ClO2/c1-4-11-5-6-12(13(7-11)15-3)16-9-10(2)8-14/h5-7H,2,4,8-9H2,1,3H3. The third kappa shape index (κ3) is 3.46. The first-order valence-corrected chi connectivity index (χ1v) is 5.77. The maximum Gasteiger partial charge on any atom is 0.161 e. The normalized spacial score (nSPS) is 9.94. The molecule has 0 heterocycles. The number of aryl methyl sites for hydroxylation is 1. The van der Waals surface area contributed by atoms with Gasteiger partial charge in [-0.3, -0.25) is 0 Å². The van der Waals surface area contributed by atoms with Crippen molar-refractivity contribution in [3.8, 4) is 11.5 Å². The Bertz CT molecular complexity index is 361. The first-order valence-electron chi connectivity index (χ1n) is 5.23. The molecule has 0 bridgehead atoms. The maximum atomic E-state index is 5.63. The fourth-order valence-electron chi connectivity index (χ4n) is 1.27. The topological polar surface area (TPSA) is 18.5 Å². The second kappa shape index (κ2) is 6.44. The molecule has 1 aromatic rings. The number of hydrogen-bond acceptors (Lipinski definition) is 2. The van der Waals surface area contributed by atoms with Gasteiger partial charge in [-0.1, -0.05) is 19.6 Å². The molecule has 1 aromatic carbocycles. The molecule has 0 aliphatic carbocycles. The van der Waals surface area contributed by atoms with Gasteiger partial charge >= 0.3 is 0 Å². The Labute approximate surface area is 102 Å². The van der Waals surface area contributed by atoms with Crippen LogP contribution >= 0.6 is 11.6 Å². The Morgan fingerprint density at radius 3 is 2.69 bits per heavy atom. The van der Waals surface area contributed by atoms with E-state index in [1.165, 1.54) is 5.56 Å². The third-order valence-electron chi connectivity index (χ3n) is 2.26. The lowest BCUT2D eigenvalue weighted by molar-refractivity contribution is 0.320. The Morgan fingerprint density at radius 2 is 2.12 bits per heavy atom. The van der Waals surface area contributed by atoms with Gasteiger partial charge < -0.3 is 9.47 Å². The van der Waals surface area contributed by atoms with Crippen LogP contribution in [0.2, 0.25) is 0 Å². The Morgan fingerprint density at radius 1 is 1.38 bits per heavy atom. The lowest BCUT2D eigenvalue weighted by atomic mass is 10.1. The summed E-state index contributed by atoms with van der Waals surface area (Å²) in [5.74, 6) is 1.89. The molecule has 0 radical (unpaired) electrons. The van der Waals surface area contributed by atoms with Crippen molar-refractivity contribution in [1.82, 2.24) is 0 Å². The molecule has 88 valence electrons. The Hall–Kier alpha value is -1.15. The highest BCUT2D eigenvalue weighted by molar-refractivity contribution is 6.19. The zero-order valence-electron chi connectivity index (χ0n) is 9.75. The van der Waals surface area contributed by atoms with E-state index in [1.54, 1.807) is 7.11 Å². The molecule has 0 fully saturated rings. The monoisotopic (exact) mass is 240 g/mol. The average Bonchev–Trinajstić information content (AvgIpc) is 2.35. The van der Waals surface area contributed by atoms with Crippen molar-refractivity contribution in [2.45, 2.75) is 13.3 Å². The van der Waals surface area contributed by atoms with Gasteiger partial charge in [-0.15, -0.1) is 11.6 Å². The van der Waals surface area contributed by atoms with Gasteiger partial charge in [0.1, 0.15) is 6.61 Å². The first-order chi connectivity index (χ1) is 7.71. The van der Waals surface area contributed by atoms with Crippen molar-refractivity contribution in [3.05, 3.63) is 35.9 Å². The molecular weight excluding hydrogens is 224 g/mol. The molecule has 0 saturated heterocycles. The molecule has 3 heteroatoms. The molecule has 0 atom stereocenters. The number of alkyl halides is 1. The minimum Gasteiger partial charge on any atom is -0.493 e. The van der Waals surface area contributed by atoms with E-state index in [0.717, 1.165) is 23.5 Å². The van der Waals surface area contributed by atoms with Gasteiger partial charge in [0.2, 0.25) is 0 Å². The van der Waals surface area contributed by atoms with Crippen molar-refractivity contribution in [1.29, 1.82) is 0 Å². The van der Waals surface area contributed by atoms with Crippen LogP contribution in [0.3, 0.4) is 0 Å². The minimum absolute atomic E-state index is 0.412. The molecule has 0 aromatic heterocycles. The molecule has 1 rings (SSSR count). The van der Waals surface area contributed by atoms with Crippen LogP contribution in [-0.4, -0.2) is 19.6 Å². The van der Waals surface area contributed by atoms with Crippen LogP contribution in [-0.2, 0) is 6.42 Å². The second-order valence-corrected chi connectivity index (χ2v) is 3.78. The SMILES string of the molecule is C=C(CCl)COc1ccc(CC)cc1OC. The molecule has 2 nitrogen and oxygen atoms in total. The average molecular weight is 241 g/mol. The van der Waals surface area contributed by atoms with Crippen LogP contribution < -0.4 is 9.47 Å². The van der Waals surface area contributed by atoms with Crippen LogP contribution in [0.4, 0.5) is 0 Å². The molecule has 16 heavy (non-hydrogen) atoms. The van der Waals surface area contributed by atoms with E-state index in [4.69, 9.17) is 21.1 Å². The fraction of sp³-hybridized carbons (Fsp3) is 0.385. The summed E-state index contributed by atoms with van der Waals surface area (Å²) >= 11 is 5.63. The molecule has 0 unspecified atom stereocenters. The summed E-state index contributed by atoms with van der Waals surface area (Å²) in [6, 6.07) is 5.93. The van der Waals surface area contributed by atoms with Gasteiger partial charge in [-0.2, -0.15) is 0 Å². The fourth-order valence-corrected chi connectivity index (χ4v) is 1.35. The van der Waals surface area contributed by atoms with Crippen LogP contribution in [0.15, 0.2) is 30.4 Å². The van der Waals surface area contributed by atoms with Crippen molar-refractivity contribution in [2.75, 3.05) is 19.6 Å². The second-order valence-electron chi connectivity index (χ2n) is 3.51. The van der Waals surface area contributed by atoms with E-state index < -0.39 is 0 Å². The van der Waals surface area contributed by atoms with Crippen molar-refractivity contribution >= 4 is 11.6 Å². The summed E-state index contributed by atoms with van der Waals surface area (Å²) in [6.07, 6.45) is 0.977. The van der Waals surface area contributed by atoms with Crippen molar-refractivity contribution in [3.63, 3.8) is 0 Å². The van der Waals surface area contributed by atoms with E-state index in [1.807, 2.05) is 18.2 Å². The predicted molar refractivity (Wildman–Crippen MR) is 67.7 cm³/mol. The smallest absolute Gasteiger partial charge is 0.161 e. The number of rotatable bonds is 6. The number of methoxy groups -OCH3 is 1. The summed E-state index contributed by atoms with van der Waals surface area (Å²) in [6.45, 7) is 6.30. The highest BCUT2D eigenvalue weighted by atomic mass is 35.5. The molecule has 0 N–H and O–H groups in total. The summed E-state index contributed by atoms with van der Waals surface area (Å²) in [4.78, 5) is 0. The quantitative estimate of drug-likeness (QED) is 0.560. The summed E-state index contributed by atoms with van der Waals surface area (Å²) in [5, 5.41) is 0. The van der Waals surface area contributed by atoms with Crippen LogP contribution in [0.25, 0.3) is 0 Å². The summed E-state index contributed by atoms with van der Waals surface area (Å²) in [5.41, 5.74) is 2.07. The van der Waals surface area contributed by atoms with Gasteiger partial charge in [0.25, 0.3) is 0 Å². The van der Waals surface area contributed by atoms with Gasteiger partial charge in [-0.25, -0.2) is 0 Å². The number of hydrogen-bond donors (Lipinski definition) is 0. The van der Waals surface area contributed by atoms with Gasteiger partial charge in [0.05, 0.1) is 7.11 Å². The Kier molecular flexibility index (Phi) is 5.20. The van der Waals surface area contributed by atoms with E-state index in [2.05, 4.69) is 13.5 Å². The predicted octanol–water partition coefficient (Wildman–Crippen LogP) is 3.43. The van der Waals surface area contributed by atoms with Crippen LogP contribution in [0.5, 0.6) is 11.5 Å². The van der Waals surface area contributed by atoms with Gasteiger partial charge in [-0.05, 0) is 29.7 Å². The molecule has 0 amide bonds. The first kappa shape index (κ1) is 12.9. The summed E-state index contributed by atoms with van der Waals surface area (Å²) in [7, 11) is 1.64. The molecule has 0 aliphatic rings. The highest BCUT2D eigenvalue weighted by Gasteiger charge is 2.05. The molecular formula is C13H17ClO2. The molecule has 0 spiro atoms. The largest absolute Gasteiger partial charge is 0.493 e. The van der Waals surface area contributed by atoms with E-state index in [9.17, 15) is 0 Å². The van der Waals surface area contributed by atoms with Gasteiger partial charge in [0.15, 0.2) is 11.5 Å². The Balaban J connectivity index is 2.75.